The van der Waals surface area contributed by atoms with Gasteiger partial charge in [0, 0.05) is 12.0 Å². The Morgan fingerprint density at radius 1 is 1.54 bits per heavy atom. The van der Waals surface area contributed by atoms with Crippen molar-refractivity contribution in [1.82, 2.24) is 0 Å². The Kier molecular flexibility index (Phi) is 2.02. The molecule has 1 atom stereocenters. The van der Waals surface area contributed by atoms with Gasteiger partial charge in [0.2, 0.25) is 0 Å². The van der Waals surface area contributed by atoms with Gasteiger partial charge in [0.15, 0.2) is 6.04 Å². The summed E-state index contributed by atoms with van der Waals surface area (Å²) < 4.78 is 4.70. The van der Waals surface area contributed by atoms with Crippen LogP contribution in [-0.2, 0) is 16.0 Å². The fourth-order valence-corrected chi connectivity index (χ4v) is 1.70. The molecule has 0 aromatic heterocycles. The van der Waals surface area contributed by atoms with Crippen LogP contribution in [0.2, 0.25) is 0 Å². The maximum absolute atomic E-state index is 11.2. The van der Waals surface area contributed by atoms with E-state index < -0.39 is 0 Å². The van der Waals surface area contributed by atoms with Gasteiger partial charge in [-0.05, 0) is 6.07 Å². The monoisotopic (exact) mass is 178 g/mol. The third-order valence-corrected chi connectivity index (χ3v) is 2.38. The van der Waals surface area contributed by atoms with Gasteiger partial charge in [-0.15, -0.1) is 0 Å². The van der Waals surface area contributed by atoms with Crippen LogP contribution in [-0.4, -0.2) is 19.1 Å². The lowest BCUT2D eigenvalue weighted by molar-refractivity contribution is -0.588. The molecule has 2 N–H and O–H groups in total. The summed E-state index contributed by atoms with van der Waals surface area (Å²) in [5.41, 5.74) is 2.40. The number of rotatable bonds is 1. The van der Waals surface area contributed by atoms with Gasteiger partial charge < -0.3 is 10.1 Å². The number of esters is 1. The number of carbonyl (C=O) groups excluding carboxylic acids is 1. The second kappa shape index (κ2) is 3.18. The maximum atomic E-state index is 11.2. The first-order valence-electron chi connectivity index (χ1n) is 4.32. The number of para-hydroxylation sites is 1. The second-order valence-electron chi connectivity index (χ2n) is 3.20. The quantitative estimate of drug-likeness (QED) is 0.485. The van der Waals surface area contributed by atoms with Crippen LogP contribution in [0, 0.1) is 0 Å². The Morgan fingerprint density at radius 2 is 2.31 bits per heavy atom. The molecule has 0 radical (unpaired) electrons. The number of quaternary nitrogens is 1. The summed E-state index contributed by atoms with van der Waals surface area (Å²) in [5.74, 6) is -0.142. The molecule has 0 saturated heterocycles. The molecule has 0 amide bonds. The van der Waals surface area contributed by atoms with Gasteiger partial charge in [-0.1, -0.05) is 18.2 Å². The molecule has 2 rings (SSSR count). The summed E-state index contributed by atoms with van der Waals surface area (Å²) >= 11 is 0. The largest absolute Gasteiger partial charge is 0.465 e. The molecule has 1 aromatic carbocycles. The molecule has 0 unspecified atom stereocenters. The van der Waals surface area contributed by atoms with Crippen LogP contribution >= 0.6 is 0 Å². The van der Waals surface area contributed by atoms with Gasteiger partial charge in [-0.3, -0.25) is 0 Å². The van der Waals surface area contributed by atoms with E-state index in [1.54, 1.807) is 0 Å². The van der Waals surface area contributed by atoms with E-state index in [0.717, 1.165) is 12.1 Å². The van der Waals surface area contributed by atoms with Gasteiger partial charge >= 0.3 is 5.97 Å². The van der Waals surface area contributed by atoms with Crippen molar-refractivity contribution in [2.45, 2.75) is 12.5 Å². The lowest BCUT2D eigenvalue weighted by Gasteiger charge is -2.02. The Hall–Kier alpha value is -1.35. The van der Waals surface area contributed by atoms with Crippen molar-refractivity contribution in [3.8, 4) is 0 Å². The predicted molar refractivity (Wildman–Crippen MR) is 47.5 cm³/mol. The SMILES string of the molecule is COC(=O)[C@@H]1Cc2ccccc2[NH2+]1. The molecule has 1 aromatic rings. The first-order chi connectivity index (χ1) is 6.31. The topological polar surface area (TPSA) is 42.9 Å². The number of hydrogen-bond donors (Lipinski definition) is 1. The van der Waals surface area contributed by atoms with E-state index in [1.807, 2.05) is 23.5 Å². The van der Waals surface area contributed by atoms with E-state index in [9.17, 15) is 4.79 Å². The van der Waals surface area contributed by atoms with E-state index in [-0.39, 0.29) is 12.0 Å². The van der Waals surface area contributed by atoms with Crippen LogP contribution in [0.15, 0.2) is 24.3 Å². The first kappa shape index (κ1) is 8.26. The Morgan fingerprint density at radius 3 is 3.00 bits per heavy atom. The highest BCUT2D eigenvalue weighted by molar-refractivity contribution is 5.76. The minimum absolute atomic E-state index is 0.0811. The number of nitrogens with two attached hydrogens (primary N) is 1. The van der Waals surface area contributed by atoms with Crippen molar-refractivity contribution in [1.29, 1.82) is 0 Å². The molecule has 0 spiro atoms. The van der Waals surface area contributed by atoms with Crippen molar-refractivity contribution in [2.24, 2.45) is 0 Å². The third-order valence-electron chi connectivity index (χ3n) is 2.38. The van der Waals surface area contributed by atoms with Crippen molar-refractivity contribution < 1.29 is 14.8 Å². The van der Waals surface area contributed by atoms with E-state index >= 15 is 0 Å². The number of hydrogen-bond acceptors (Lipinski definition) is 2. The zero-order chi connectivity index (χ0) is 9.26. The molecule has 68 valence electrons. The van der Waals surface area contributed by atoms with E-state index in [2.05, 4.69) is 6.07 Å². The number of benzene rings is 1. The highest BCUT2D eigenvalue weighted by atomic mass is 16.5. The molecule has 0 bridgehead atoms. The van der Waals surface area contributed by atoms with Gasteiger partial charge in [-0.25, -0.2) is 4.79 Å². The van der Waals surface area contributed by atoms with E-state index in [4.69, 9.17) is 4.74 Å². The van der Waals surface area contributed by atoms with Crippen molar-refractivity contribution in [3.63, 3.8) is 0 Å². The van der Waals surface area contributed by atoms with Crippen LogP contribution < -0.4 is 5.32 Å². The standard InChI is InChI=1S/C10H11NO2/c1-13-10(12)9-6-7-4-2-3-5-8(7)11-9/h2-5,9,11H,6H2,1H3/p+1/t9-/m0/s1. The van der Waals surface area contributed by atoms with Crippen LogP contribution in [0.25, 0.3) is 0 Å². The third kappa shape index (κ3) is 1.42. The summed E-state index contributed by atoms with van der Waals surface area (Å²) in [4.78, 5) is 11.2. The molecule has 0 fully saturated rings. The fraction of sp³-hybridized carbons (Fsp3) is 0.300. The summed E-state index contributed by atoms with van der Waals surface area (Å²) in [6.45, 7) is 0. The second-order valence-corrected chi connectivity index (χ2v) is 3.20. The first-order valence-corrected chi connectivity index (χ1v) is 4.32. The Bertz CT molecular complexity index is 310. The fourth-order valence-electron chi connectivity index (χ4n) is 1.70. The lowest BCUT2D eigenvalue weighted by Crippen LogP contribution is -2.84. The predicted octanol–water partition coefficient (Wildman–Crippen LogP) is -0.0208. The van der Waals surface area contributed by atoms with Gasteiger partial charge in [0.05, 0.1) is 7.11 Å². The van der Waals surface area contributed by atoms with Gasteiger partial charge in [0.25, 0.3) is 0 Å². The minimum atomic E-state index is -0.142. The molecule has 1 heterocycles. The van der Waals surface area contributed by atoms with Crippen molar-refractivity contribution >= 4 is 11.7 Å². The average Bonchev–Trinajstić information content (AvgIpc) is 2.59. The smallest absolute Gasteiger partial charge is 0.365 e. The highest BCUT2D eigenvalue weighted by Gasteiger charge is 2.31. The number of fused-ring (bicyclic) bond motifs is 1. The van der Waals surface area contributed by atoms with Crippen LogP contribution in [0.3, 0.4) is 0 Å². The molecule has 1 aliphatic heterocycles. The number of carbonyl (C=O) groups is 1. The molecule has 0 saturated carbocycles. The molecule has 13 heavy (non-hydrogen) atoms. The summed E-state index contributed by atoms with van der Waals surface area (Å²) in [6.07, 6.45) is 0.781. The molecular formula is C10H12NO2+. The van der Waals surface area contributed by atoms with Crippen molar-refractivity contribution in [2.75, 3.05) is 7.11 Å². The molecular weight excluding hydrogens is 166 g/mol. The molecule has 3 heteroatoms. The minimum Gasteiger partial charge on any atom is -0.465 e. The summed E-state index contributed by atoms with van der Waals surface area (Å²) in [7, 11) is 1.43. The normalized spacial score (nSPS) is 19.6. The summed E-state index contributed by atoms with van der Waals surface area (Å²) in [5, 5.41) is 1.97. The van der Waals surface area contributed by atoms with E-state index in [1.165, 1.54) is 12.7 Å². The maximum Gasteiger partial charge on any atom is 0.365 e. The molecule has 3 nitrogen and oxygen atoms in total. The molecule has 1 aliphatic rings. The number of methoxy groups -OCH3 is 1. The molecule has 0 aliphatic carbocycles. The zero-order valence-electron chi connectivity index (χ0n) is 7.49. The Balaban J connectivity index is 2.18. The summed E-state index contributed by atoms with van der Waals surface area (Å²) in [6, 6.07) is 7.97. The van der Waals surface area contributed by atoms with Crippen LogP contribution in [0.1, 0.15) is 5.56 Å². The van der Waals surface area contributed by atoms with Crippen molar-refractivity contribution in [3.05, 3.63) is 29.8 Å². The van der Waals surface area contributed by atoms with Gasteiger partial charge in [0.1, 0.15) is 5.69 Å². The van der Waals surface area contributed by atoms with Crippen LogP contribution in [0.5, 0.6) is 0 Å². The Labute approximate surface area is 76.7 Å². The van der Waals surface area contributed by atoms with E-state index in [0.29, 0.717) is 0 Å². The highest BCUT2D eigenvalue weighted by Crippen LogP contribution is 2.16. The number of ether oxygens (including phenoxy) is 1. The lowest BCUT2D eigenvalue weighted by atomic mass is 10.1. The van der Waals surface area contributed by atoms with Crippen LogP contribution in [0.4, 0.5) is 5.69 Å². The van der Waals surface area contributed by atoms with Gasteiger partial charge in [-0.2, -0.15) is 0 Å². The average molecular weight is 178 g/mol. The zero-order valence-corrected chi connectivity index (χ0v) is 7.49.